The van der Waals surface area contributed by atoms with E-state index in [-0.39, 0.29) is 29.4 Å². The van der Waals surface area contributed by atoms with E-state index < -0.39 is 9.84 Å². The first-order chi connectivity index (χ1) is 13.3. The van der Waals surface area contributed by atoms with Gasteiger partial charge in [0.25, 0.3) is 0 Å². The highest BCUT2D eigenvalue weighted by Gasteiger charge is 2.43. The Bertz CT molecular complexity index is 955. The van der Waals surface area contributed by atoms with Gasteiger partial charge in [-0.25, -0.2) is 13.4 Å². The van der Waals surface area contributed by atoms with Gasteiger partial charge in [0.1, 0.15) is 0 Å². The van der Waals surface area contributed by atoms with Crippen LogP contribution in [0.3, 0.4) is 0 Å². The van der Waals surface area contributed by atoms with E-state index in [1.165, 1.54) is 24.7 Å². The Labute approximate surface area is 191 Å². The molecule has 1 fully saturated rings. The number of halogens is 1. The van der Waals surface area contributed by atoms with Crippen molar-refractivity contribution in [1.29, 1.82) is 0 Å². The molecule has 7 heteroatoms. The summed E-state index contributed by atoms with van der Waals surface area (Å²) in [6.45, 7) is 6.01. The first-order valence-corrected chi connectivity index (χ1v) is 11.6. The van der Waals surface area contributed by atoms with Crippen LogP contribution < -0.4 is 10.6 Å². The van der Waals surface area contributed by atoms with Crippen LogP contribution >= 0.6 is 24.0 Å². The number of hydrogen-bond acceptors (Lipinski definition) is 3. The summed E-state index contributed by atoms with van der Waals surface area (Å²) in [5, 5.41) is 6.78. The Hall–Kier alpha value is -1.61. The summed E-state index contributed by atoms with van der Waals surface area (Å²) >= 11 is 0. The van der Waals surface area contributed by atoms with E-state index in [0.29, 0.717) is 11.4 Å². The molecule has 0 bridgehead atoms. The van der Waals surface area contributed by atoms with Gasteiger partial charge < -0.3 is 10.6 Å². The number of benzene rings is 2. The Morgan fingerprint density at radius 2 is 1.79 bits per heavy atom. The average molecular weight is 527 g/mol. The van der Waals surface area contributed by atoms with Gasteiger partial charge >= 0.3 is 0 Å². The molecule has 0 aliphatic heterocycles. The fourth-order valence-electron chi connectivity index (χ4n) is 3.50. The van der Waals surface area contributed by atoms with Crippen molar-refractivity contribution in [2.75, 3.05) is 19.3 Å². The molecule has 0 atom stereocenters. The normalized spacial score (nSPS) is 15.3. The second kappa shape index (κ2) is 9.93. The number of guanidine groups is 1. The predicted octanol–water partition coefficient (Wildman–Crippen LogP) is 3.80. The van der Waals surface area contributed by atoms with Crippen molar-refractivity contribution in [2.45, 2.75) is 43.5 Å². The highest BCUT2D eigenvalue weighted by Crippen LogP contribution is 2.47. The smallest absolute Gasteiger partial charge is 0.191 e. The zero-order valence-corrected chi connectivity index (χ0v) is 20.4. The predicted molar refractivity (Wildman–Crippen MR) is 130 cm³/mol. The van der Waals surface area contributed by atoms with Crippen molar-refractivity contribution in [3.63, 3.8) is 0 Å². The highest BCUT2D eigenvalue weighted by atomic mass is 127. The maximum absolute atomic E-state index is 11.8. The molecule has 29 heavy (non-hydrogen) atoms. The first kappa shape index (κ1) is 23.7. The lowest BCUT2D eigenvalue weighted by Crippen LogP contribution is -2.41. The number of nitrogens with one attached hydrogen (secondary N) is 2. The molecule has 2 aromatic carbocycles. The van der Waals surface area contributed by atoms with E-state index in [1.807, 2.05) is 26.0 Å². The van der Waals surface area contributed by atoms with E-state index in [2.05, 4.69) is 46.0 Å². The van der Waals surface area contributed by atoms with Gasteiger partial charge in [0.2, 0.25) is 0 Å². The lowest BCUT2D eigenvalue weighted by Gasteiger charge is -2.19. The number of sulfone groups is 1. The molecule has 0 unspecified atom stereocenters. The lowest BCUT2D eigenvalue weighted by molar-refractivity contribution is 0.601. The maximum Gasteiger partial charge on any atom is 0.191 e. The van der Waals surface area contributed by atoms with Gasteiger partial charge in [-0.1, -0.05) is 42.5 Å². The molecule has 1 saturated carbocycles. The Morgan fingerprint density at radius 1 is 1.10 bits per heavy atom. The van der Waals surface area contributed by atoms with Crippen molar-refractivity contribution >= 4 is 39.8 Å². The van der Waals surface area contributed by atoms with Crippen LogP contribution in [0.5, 0.6) is 0 Å². The van der Waals surface area contributed by atoms with Crippen LogP contribution in [-0.2, 0) is 21.8 Å². The molecule has 2 aromatic rings. The quantitative estimate of drug-likeness (QED) is 0.327. The minimum Gasteiger partial charge on any atom is -0.357 e. The third-order valence-electron chi connectivity index (χ3n) is 5.24. The van der Waals surface area contributed by atoms with E-state index >= 15 is 0 Å². The standard InChI is InChI=1S/C22H29N3O2S.HI/c1-4-23-21(25-16-22(12-13-22)19-8-6-5-7-9-19)24-15-18-10-11-20(17(2)14-18)28(3,26)27;/h5-11,14H,4,12-13,15-16H2,1-3H3,(H2,23,24,25);1H. The van der Waals surface area contributed by atoms with Crippen LogP contribution in [0.15, 0.2) is 58.4 Å². The number of nitrogens with zero attached hydrogens (tertiary/aromatic N) is 1. The molecule has 3 rings (SSSR count). The molecule has 0 saturated heterocycles. The van der Waals surface area contributed by atoms with Crippen LogP contribution in [0.1, 0.15) is 36.5 Å². The Balaban J connectivity index is 0.00000300. The van der Waals surface area contributed by atoms with Crippen molar-refractivity contribution in [3.05, 3.63) is 65.2 Å². The van der Waals surface area contributed by atoms with Gasteiger partial charge in [-0.05, 0) is 49.4 Å². The molecule has 0 heterocycles. The fourth-order valence-corrected chi connectivity index (χ4v) is 4.46. The van der Waals surface area contributed by atoms with Crippen LogP contribution in [-0.4, -0.2) is 33.7 Å². The third kappa shape index (κ3) is 6.18. The van der Waals surface area contributed by atoms with Gasteiger partial charge in [-0.3, -0.25) is 0 Å². The summed E-state index contributed by atoms with van der Waals surface area (Å²) in [5.41, 5.74) is 3.34. The lowest BCUT2D eigenvalue weighted by atomic mass is 9.96. The zero-order chi connectivity index (χ0) is 20.2. The van der Waals surface area contributed by atoms with E-state index in [9.17, 15) is 8.42 Å². The highest BCUT2D eigenvalue weighted by molar-refractivity contribution is 14.0. The molecule has 5 nitrogen and oxygen atoms in total. The topological polar surface area (TPSA) is 70.6 Å². The molecule has 2 N–H and O–H groups in total. The van der Waals surface area contributed by atoms with Gasteiger partial charge in [0.05, 0.1) is 11.4 Å². The molecule has 0 amide bonds. The van der Waals surface area contributed by atoms with Crippen molar-refractivity contribution in [3.8, 4) is 0 Å². The van der Waals surface area contributed by atoms with Crippen LogP contribution in [0.4, 0.5) is 0 Å². The summed E-state index contributed by atoms with van der Waals surface area (Å²) in [6.07, 6.45) is 3.62. The number of aliphatic imine (C=N–C) groups is 1. The SMILES string of the molecule is CCNC(=NCc1ccc(S(C)(=O)=O)c(C)c1)NCC1(c2ccccc2)CC1.I. The third-order valence-corrected chi connectivity index (χ3v) is 6.49. The zero-order valence-electron chi connectivity index (χ0n) is 17.2. The Kier molecular flexibility index (Phi) is 8.10. The fraction of sp³-hybridized carbons (Fsp3) is 0.409. The average Bonchev–Trinajstić information content (AvgIpc) is 3.45. The first-order valence-electron chi connectivity index (χ1n) is 9.71. The van der Waals surface area contributed by atoms with Crippen molar-refractivity contribution < 1.29 is 8.42 Å². The maximum atomic E-state index is 11.8. The monoisotopic (exact) mass is 527 g/mol. The summed E-state index contributed by atoms with van der Waals surface area (Å²) in [4.78, 5) is 5.06. The molecule has 0 radical (unpaired) electrons. The van der Waals surface area contributed by atoms with Crippen LogP contribution in [0.2, 0.25) is 0 Å². The second-order valence-corrected chi connectivity index (χ2v) is 9.55. The van der Waals surface area contributed by atoms with Gasteiger partial charge in [0.15, 0.2) is 15.8 Å². The summed E-state index contributed by atoms with van der Waals surface area (Å²) in [5.74, 6) is 0.787. The number of rotatable bonds is 7. The minimum absolute atomic E-state index is 0. The van der Waals surface area contributed by atoms with Crippen LogP contribution in [0, 0.1) is 6.92 Å². The second-order valence-electron chi connectivity index (χ2n) is 7.57. The molecular weight excluding hydrogens is 497 g/mol. The Morgan fingerprint density at radius 3 is 2.34 bits per heavy atom. The van der Waals surface area contributed by atoms with Crippen LogP contribution in [0.25, 0.3) is 0 Å². The molecule has 1 aliphatic rings. The molecule has 1 aliphatic carbocycles. The number of aryl methyl sites for hydroxylation is 1. The summed E-state index contributed by atoms with van der Waals surface area (Å²) in [7, 11) is -3.20. The largest absolute Gasteiger partial charge is 0.357 e. The minimum atomic E-state index is -3.20. The summed E-state index contributed by atoms with van der Waals surface area (Å²) < 4.78 is 23.5. The summed E-state index contributed by atoms with van der Waals surface area (Å²) in [6, 6.07) is 16.0. The van der Waals surface area contributed by atoms with E-state index in [1.54, 1.807) is 6.07 Å². The van der Waals surface area contributed by atoms with Crippen molar-refractivity contribution in [1.82, 2.24) is 10.6 Å². The van der Waals surface area contributed by atoms with Crippen molar-refractivity contribution in [2.24, 2.45) is 4.99 Å². The molecule has 0 spiro atoms. The van der Waals surface area contributed by atoms with Gasteiger partial charge in [-0.15, -0.1) is 24.0 Å². The molecule has 0 aromatic heterocycles. The molecule has 158 valence electrons. The van der Waals surface area contributed by atoms with E-state index in [4.69, 9.17) is 0 Å². The number of hydrogen-bond donors (Lipinski definition) is 2. The van der Waals surface area contributed by atoms with Gasteiger partial charge in [-0.2, -0.15) is 0 Å². The van der Waals surface area contributed by atoms with E-state index in [0.717, 1.165) is 30.2 Å². The molecular formula is C22H30IN3O2S. The van der Waals surface area contributed by atoms with Gasteiger partial charge in [0, 0.05) is 24.8 Å².